The molecule has 5 heteroatoms. The summed E-state index contributed by atoms with van der Waals surface area (Å²) in [7, 11) is 0. The van der Waals surface area contributed by atoms with Gasteiger partial charge in [0.25, 0.3) is 0 Å². The highest BCUT2D eigenvalue weighted by atomic mass is 16.7. The summed E-state index contributed by atoms with van der Waals surface area (Å²) >= 11 is 0. The number of aliphatic hydroxyl groups is 1. The Hall–Kier alpha value is -0.200. The van der Waals surface area contributed by atoms with Crippen molar-refractivity contribution >= 4 is 0 Å². The minimum atomic E-state index is -0.289. The molecule has 0 amide bonds. The zero-order valence-corrected chi connectivity index (χ0v) is 22.5. The molecule has 0 radical (unpaired) electrons. The number of nitrogens with zero attached hydrogens (tertiary/aromatic N) is 1. The molecule has 1 N–H and O–H groups in total. The van der Waals surface area contributed by atoms with Crippen LogP contribution in [0.3, 0.4) is 0 Å². The molecule has 6 rings (SSSR count). The van der Waals surface area contributed by atoms with Gasteiger partial charge in [0.05, 0.1) is 25.4 Å². The Morgan fingerprint density at radius 1 is 0.943 bits per heavy atom. The summed E-state index contributed by atoms with van der Waals surface area (Å²) in [6.07, 6.45) is 14.9. The lowest BCUT2D eigenvalue weighted by Gasteiger charge is -2.61. The molecule has 0 aromatic heterocycles. The first-order chi connectivity index (χ1) is 17.0. The fourth-order valence-corrected chi connectivity index (χ4v) is 10.2. The number of rotatable bonds is 7. The Morgan fingerprint density at radius 3 is 2.51 bits per heavy atom. The van der Waals surface area contributed by atoms with E-state index < -0.39 is 0 Å². The van der Waals surface area contributed by atoms with Gasteiger partial charge in [0.2, 0.25) is 0 Å². The predicted octanol–water partition coefficient (Wildman–Crippen LogP) is 5.25. The second-order valence-corrected chi connectivity index (χ2v) is 13.7. The van der Waals surface area contributed by atoms with Crippen LogP contribution < -0.4 is 0 Å². The molecule has 4 aliphatic carbocycles. The standard InChI is InChI=1S/C30H51NO4/c1-29-11-10-25-23(24(29)9-7-22(29)19-28-34-16-17-35-28)8-6-21-18-27(26(32)20-30(21,25)2)33-15-5-14-31-12-3-4-13-31/h21-28,32H,3-20H2,1-2H3/t21?,22?,23-,24-,25+,26?,27?,29+,30-/m0/s1. The predicted molar refractivity (Wildman–Crippen MR) is 137 cm³/mol. The first-order valence-corrected chi connectivity index (χ1v) is 15.2. The second-order valence-electron chi connectivity index (χ2n) is 13.7. The van der Waals surface area contributed by atoms with Crippen molar-refractivity contribution in [2.75, 3.05) is 39.5 Å². The SMILES string of the molecule is C[C@]12CC(O)C(OCCCN3CCCC3)CC1CC[C@@H]1[C@H]2CC[C@]2(C)C(CC3OCCO3)CC[C@@H]12. The third-order valence-corrected chi connectivity index (χ3v) is 12.2. The van der Waals surface area contributed by atoms with Gasteiger partial charge in [0.15, 0.2) is 6.29 Å². The van der Waals surface area contributed by atoms with Crippen LogP contribution in [0, 0.1) is 40.4 Å². The van der Waals surface area contributed by atoms with Gasteiger partial charge < -0.3 is 24.2 Å². The van der Waals surface area contributed by atoms with Crippen LogP contribution >= 0.6 is 0 Å². The van der Waals surface area contributed by atoms with E-state index >= 15 is 0 Å². The largest absolute Gasteiger partial charge is 0.390 e. The van der Waals surface area contributed by atoms with Gasteiger partial charge in [-0.2, -0.15) is 0 Å². The van der Waals surface area contributed by atoms with Crippen molar-refractivity contribution in [3.05, 3.63) is 0 Å². The Morgan fingerprint density at radius 2 is 1.71 bits per heavy atom. The number of fused-ring (bicyclic) bond motifs is 5. The van der Waals surface area contributed by atoms with Crippen LogP contribution in [-0.2, 0) is 14.2 Å². The van der Waals surface area contributed by atoms with Gasteiger partial charge in [-0.1, -0.05) is 13.8 Å². The van der Waals surface area contributed by atoms with Crippen LogP contribution in [0.2, 0.25) is 0 Å². The van der Waals surface area contributed by atoms with E-state index in [4.69, 9.17) is 14.2 Å². The van der Waals surface area contributed by atoms with Gasteiger partial charge >= 0.3 is 0 Å². The Kier molecular flexibility index (Phi) is 7.29. The lowest BCUT2D eigenvalue weighted by atomic mass is 9.44. The van der Waals surface area contributed by atoms with E-state index in [1.165, 1.54) is 64.5 Å². The van der Waals surface area contributed by atoms with Gasteiger partial charge in [0.1, 0.15) is 0 Å². The van der Waals surface area contributed by atoms with E-state index in [0.29, 0.717) is 5.41 Å². The maximum Gasteiger partial charge on any atom is 0.158 e. The first-order valence-electron chi connectivity index (χ1n) is 15.2. The number of hydrogen-bond acceptors (Lipinski definition) is 5. The molecule has 4 saturated carbocycles. The van der Waals surface area contributed by atoms with Gasteiger partial charge in [-0.3, -0.25) is 0 Å². The van der Waals surface area contributed by atoms with Crippen molar-refractivity contribution in [1.82, 2.24) is 4.90 Å². The molecule has 2 saturated heterocycles. The number of aliphatic hydroxyl groups excluding tert-OH is 1. The van der Waals surface area contributed by atoms with Crippen LogP contribution in [-0.4, -0.2) is 68.0 Å². The summed E-state index contributed by atoms with van der Waals surface area (Å²) in [4.78, 5) is 2.57. The summed E-state index contributed by atoms with van der Waals surface area (Å²) in [5, 5.41) is 11.3. The molecule has 2 heterocycles. The van der Waals surface area contributed by atoms with E-state index in [-0.39, 0.29) is 23.9 Å². The molecule has 0 bridgehead atoms. The summed E-state index contributed by atoms with van der Waals surface area (Å²) in [5.41, 5.74) is 0.739. The van der Waals surface area contributed by atoms with E-state index in [2.05, 4.69) is 18.7 Å². The van der Waals surface area contributed by atoms with E-state index in [1.807, 2.05) is 0 Å². The Bertz CT molecular complexity index is 721. The maximum absolute atomic E-state index is 11.3. The van der Waals surface area contributed by atoms with Crippen LogP contribution in [0.4, 0.5) is 0 Å². The first kappa shape index (κ1) is 25.1. The van der Waals surface area contributed by atoms with E-state index in [1.54, 1.807) is 0 Å². The van der Waals surface area contributed by atoms with Crippen molar-refractivity contribution < 1.29 is 19.3 Å². The average molecular weight is 490 g/mol. The Balaban J connectivity index is 1.06. The smallest absolute Gasteiger partial charge is 0.158 e. The fraction of sp³-hybridized carbons (Fsp3) is 1.00. The van der Waals surface area contributed by atoms with Crippen molar-refractivity contribution in [1.29, 1.82) is 0 Å². The molecule has 200 valence electrons. The van der Waals surface area contributed by atoms with Crippen molar-refractivity contribution in [3.8, 4) is 0 Å². The lowest BCUT2D eigenvalue weighted by molar-refractivity contribution is -0.173. The molecule has 6 aliphatic rings. The second kappa shape index (κ2) is 10.2. The van der Waals surface area contributed by atoms with E-state index in [9.17, 15) is 5.11 Å². The fourth-order valence-electron chi connectivity index (χ4n) is 10.2. The molecule has 0 aromatic carbocycles. The molecular formula is C30H51NO4. The molecule has 6 fully saturated rings. The zero-order valence-electron chi connectivity index (χ0n) is 22.5. The summed E-state index contributed by atoms with van der Waals surface area (Å²) < 4.78 is 18.1. The van der Waals surface area contributed by atoms with Crippen LogP contribution in [0.5, 0.6) is 0 Å². The van der Waals surface area contributed by atoms with Gasteiger partial charge in [-0.05, 0) is 124 Å². The summed E-state index contributed by atoms with van der Waals surface area (Å²) in [6.45, 7) is 11.2. The quantitative estimate of drug-likeness (QED) is 0.495. The normalized spacial score (nSPS) is 48.6. The minimum Gasteiger partial charge on any atom is -0.390 e. The monoisotopic (exact) mass is 489 g/mol. The molecule has 0 spiro atoms. The zero-order chi connectivity index (χ0) is 24.0. The highest BCUT2D eigenvalue weighted by Crippen LogP contribution is 2.68. The highest BCUT2D eigenvalue weighted by Gasteiger charge is 2.61. The average Bonchev–Trinajstić information content (AvgIpc) is 3.60. The van der Waals surface area contributed by atoms with E-state index in [0.717, 1.165) is 81.6 Å². The number of hydrogen-bond donors (Lipinski definition) is 1. The molecule has 35 heavy (non-hydrogen) atoms. The molecule has 5 nitrogen and oxygen atoms in total. The lowest BCUT2D eigenvalue weighted by Crippen LogP contribution is -2.57. The minimum absolute atomic E-state index is 0.0438. The number of likely N-dealkylation sites (tertiary alicyclic amines) is 1. The topological polar surface area (TPSA) is 51.2 Å². The third-order valence-electron chi connectivity index (χ3n) is 12.2. The summed E-state index contributed by atoms with van der Waals surface area (Å²) in [5.74, 6) is 3.94. The summed E-state index contributed by atoms with van der Waals surface area (Å²) in [6, 6.07) is 0. The van der Waals surface area contributed by atoms with Crippen LogP contribution in [0.15, 0.2) is 0 Å². The molecule has 9 atom stereocenters. The van der Waals surface area contributed by atoms with Gasteiger partial charge in [0, 0.05) is 19.6 Å². The number of ether oxygens (including phenoxy) is 3. The van der Waals surface area contributed by atoms with Crippen molar-refractivity contribution in [3.63, 3.8) is 0 Å². The van der Waals surface area contributed by atoms with Crippen molar-refractivity contribution in [2.24, 2.45) is 40.4 Å². The third kappa shape index (κ3) is 4.64. The van der Waals surface area contributed by atoms with Crippen LogP contribution in [0.1, 0.15) is 90.9 Å². The van der Waals surface area contributed by atoms with Gasteiger partial charge in [-0.25, -0.2) is 0 Å². The maximum atomic E-state index is 11.3. The van der Waals surface area contributed by atoms with Crippen LogP contribution in [0.25, 0.3) is 0 Å². The Labute approximate surface area is 213 Å². The molecule has 4 unspecified atom stereocenters. The molecule has 2 aliphatic heterocycles. The molecular weight excluding hydrogens is 438 g/mol. The molecule has 0 aromatic rings. The van der Waals surface area contributed by atoms with Crippen molar-refractivity contribution in [2.45, 2.75) is 109 Å². The van der Waals surface area contributed by atoms with Gasteiger partial charge in [-0.15, -0.1) is 0 Å². The highest BCUT2D eigenvalue weighted by molar-refractivity contribution is 5.10.